The number of nitrogens with two attached hydrogens (primary N) is 1. The maximum Gasteiger partial charge on any atom is 0.410 e. The Morgan fingerprint density at radius 3 is 2.51 bits per heavy atom. The quantitative estimate of drug-likeness (QED) is 0.161. The number of halogens is 1. The molecule has 0 radical (unpaired) electrons. The van der Waals surface area contributed by atoms with E-state index < -0.39 is 5.60 Å². The molecular weight excluding hydrogens is 612 g/mol. The van der Waals surface area contributed by atoms with Gasteiger partial charge in [-0.2, -0.15) is 0 Å². The molecule has 1 saturated heterocycles. The van der Waals surface area contributed by atoms with Gasteiger partial charge >= 0.3 is 6.09 Å². The number of rotatable bonds is 12. The third-order valence-corrected chi connectivity index (χ3v) is 7.92. The number of amides is 1. The van der Waals surface area contributed by atoms with E-state index in [-0.39, 0.29) is 18.1 Å². The fraction of sp³-hybridized carbons (Fsp3) is 0.441. The number of nitrogen functional groups attached to an aromatic ring is 1. The molecule has 9 heteroatoms. The number of ether oxygens (including phenoxy) is 5. The second kappa shape index (κ2) is 15.5. The van der Waals surface area contributed by atoms with Crippen molar-refractivity contribution in [3.8, 4) is 11.5 Å². The molecule has 2 atom stereocenters. The van der Waals surface area contributed by atoms with Crippen LogP contribution in [0.15, 0.2) is 71.2 Å². The van der Waals surface area contributed by atoms with Crippen LogP contribution in [0.25, 0.3) is 0 Å². The van der Waals surface area contributed by atoms with Crippen LogP contribution in [0.2, 0.25) is 0 Å². The minimum absolute atomic E-state index is 0.115. The zero-order chi connectivity index (χ0) is 30.8. The summed E-state index contributed by atoms with van der Waals surface area (Å²) < 4.78 is 30.1. The van der Waals surface area contributed by atoms with Crippen LogP contribution in [-0.2, 0) is 27.4 Å². The van der Waals surface area contributed by atoms with Crippen molar-refractivity contribution in [3.05, 3.63) is 87.9 Å². The van der Waals surface area contributed by atoms with Crippen LogP contribution in [-0.4, -0.2) is 56.1 Å². The largest absolute Gasteiger partial charge is 0.496 e. The molecule has 0 saturated carbocycles. The number of nitrogens with zero attached hydrogens (tertiary/aromatic N) is 1. The average molecular weight is 656 g/mol. The van der Waals surface area contributed by atoms with Gasteiger partial charge in [-0.3, -0.25) is 0 Å². The van der Waals surface area contributed by atoms with Crippen molar-refractivity contribution < 1.29 is 28.5 Å². The normalized spacial score (nSPS) is 17.0. The van der Waals surface area contributed by atoms with E-state index in [1.54, 1.807) is 12.0 Å². The number of carbonyl (C=O) groups is 1. The highest BCUT2D eigenvalue weighted by molar-refractivity contribution is 9.10. The Balaban J connectivity index is 1.32. The van der Waals surface area contributed by atoms with E-state index >= 15 is 0 Å². The molecule has 8 nitrogen and oxygen atoms in total. The van der Waals surface area contributed by atoms with Gasteiger partial charge in [0.05, 0.1) is 46.2 Å². The molecule has 43 heavy (non-hydrogen) atoms. The van der Waals surface area contributed by atoms with E-state index in [0.29, 0.717) is 45.2 Å². The highest BCUT2D eigenvalue weighted by Crippen LogP contribution is 2.33. The smallest absolute Gasteiger partial charge is 0.410 e. The Morgan fingerprint density at radius 2 is 1.79 bits per heavy atom. The minimum atomic E-state index is -0.559. The summed E-state index contributed by atoms with van der Waals surface area (Å²) >= 11 is 3.45. The van der Waals surface area contributed by atoms with Gasteiger partial charge in [0.2, 0.25) is 0 Å². The van der Waals surface area contributed by atoms with Crippen LogP contribution < -0.4 is 15.2 Å². The van der Waals surface area contributed by atoms with Crippen LogP contribution in [0.3, 0.4) is 0 Å². The number of piperidine rings is 1. The van der Waals surface area contributed by atoms with Gasteiger partial charge in [-0.25, -0.2) is 4.79 Å². The Morgan fingerprint density at radius 1 is 1.02 bits per heavy atom. The molecule has 1 heterocycles. The summed E-state index contributed by atoms with van der Waals surface area (Å²) in [7, 11) is 1.67. The van der Waals surface area contributed by atoms with Gasteiger partial charge in [0.15, 0.2) is 0 Å². The van der Waals surface area contributed by atoms with E-state index in [1.165, 1.54) is 0 Å². The first-order chi connectivity index (χ1) is 20.6. The van der Waals surface area contributed by atoms with Crippen LogP contribution >= 0.6 is 15.9 Å². The third kappa shape index (κ3) is 9.88. The van der Waals surface area contributed by atoms with Gasteiger partial charge in [-0.15, -0.1) is 0 Å². The number of carbonyl (C=O) groups excluding carboxylic acids is 1. The van der Waals surface area contributed by atoms with Crippen LogP contribution in [0.4, 0.5) is 10.5 Å². The summed E-state index contributed by atoms with van der Waals surface area (Å²) in [6.45, 7) is 8.71. The molecule has 0 aromatic heterocycles. The zero-order valence-corrected chi connectivity index (χ0v) is 27.1. The molecule has 0 spiro atoms. The SMILES string of the molecule is COc1ccccc1COCCCOc1ccc(C2CCN(C(=O)OC(C)(C)C)CC2OCc2ccc(Br)c(N)c2)cc1. The molecular formula is C34H43BrN2O6. The first kappa shape index (κ1) is 32.6. The van der Waals surface area contributed by atoms with Crippen LogP contribution in [0.5, 0.6) is 11.5 Å². The van der Waals surface area contributed by atoms with Crippen LogP contribution in [0.1, 0.15) is 56.2 Å². The maximum atomic E-state index is 12.9. The first-order valence-electron chi connectivity index (χ1n) is 14.7. The van der Waals surface area contributed by atoms with Crippen molar-refractivity contribution in [1.29, 1.82) is 0 Å². The monoisotopic (exact) mass is 654 g/mol. The van der Waals surface area contributed by atoms with E-state index in [4.69, 9.17) is 29.4 Å². The second-order valence-electron chi connectivity index (χ2n) is 11.7. The van der Waals surface area contributed by atoms with E-state index in [1.807, 2.05) is 75.4 Å². The molecule has 3 aromatic rings. The van der Waals surface area contributed by atoms with Crippen molar-refractivity contribution in [2.75, 3.05) is 39.1 Å². The average Bonchev–Trinajstić information content (AvgIpc) is 2.99. The lowest BCUT2D eigenvalue weighted by atomic mass is 9.87. The minimum Gasteiger partial charge on any atom is -0.496 e. The summed E-state index contributed by atoms with van der Waals surface area (Å²) in [5, 5.41) is 0. The van der Waals surface area contributed by atoms with Gasteiger partial charge in [0, 0.05) is 34.6 Å². The summed E-state index contributed by atoms with van der Waals surface area (Å²) in [5.41, 5.74) is 9.34. The summed E-state index contributed by atoms with van der Waals surface area (Å²) in [4.78, 5) is 14.6. The number of hydrogen-bond donors (Lipinski definition) is 1. The number of likely N-dealkylation sites (tertiary alicyclic amines) is 1. The maximum absolute atomic E-state index is 12.9. The molecule has 1 amide bonds. The number of hydrogen-bond acceptors (Lipinski definition) is 7. The molecule has 1 fully saturated rings. The molecule has 1 aliphatic heterocycles. The Labute approximate surface area is 263 Å². The van der Waals surface area contributed by atoms with Crippen molar-refractivity contribution in [3.63, 3.8) is 0 Å². The molecule has 2 N–H and O–H groups in total. The summed E-state index contributed by atoms with van der Waals surface area (Å²) in [6, 6.07) is 21.9. The number of benzene rings is 3. The lowest BCUT2D eigenvalue weighted by Gasteiger charge is -2.39. The third-order valence-electron chi connectivity index (χ3n) is 7.20. The van der Waals surface area contributed by atoms with Gasteiger partial charge in [-0.1, -0.05) is 36.4 Å². The Hall–Kier alpha value is -3.27. The zero-order valence-electron chi connectivity index (χ0n) is 25.5. The fourth-order valence-electron chi connectivity index (χ4n) is 5.01. The molecule has 232 valence electrons. The highest BCUT2D eigenvalue weighted by atomic mass is 79.9. The van der Waals surface area contributed by atoms with Gasteiger partial charge in [0.25, 0.3) is 0 Å². The number of anilines is 1. The predicted molar refractivity (Wildman–Crippen MR) is 172 cm³/mol. The molecule has 4 rings (SSSR count). The predicted octanol–water partition coefficient (Wildman–Crippen LogP) is 7.34. The van der Waals surface area contributed by atoms with E-state index in [0.717, 1.165) is 45.5 Å². The lowest BCUT2D eigenvalue weighted by molar-refractivity contribution is -0.0359. The van der Waals surface area contributed by atoms with Crippen molar-refractivity contribution in [2.24, 2.45) is 0 Å². The topological polar surface area (TPSA) is 92.5 Å². The molecule has 0 bridgehead atoms. The van der Waals surface area contributed by atoms with Crippen LogP contribution in [0, 0.1) is 0 Å². The first-order valence-corrected chi connectivity index (χ1v) is 15.5. The van der Waals surface area contributed by atoms with Gasteiger partial charge in [0.1, 0.15) is 17.1 Å². The van der Waals surface area contributed by atoms with E-state index in [9.17, 15) is 4.79 Å². The van der Waals surface area contributed by atoms with Crippen molar-refractivity contribution >= 4 is 27.7 Å². The fourth-order valence-corrected chi connectivity index (χ4v) is 5.26. The molecule has 0 aliphatic carbocycles. The standard InChI is InChI=1S/C34H43BrN2O6/c1-34(2,3)43-33(38)37-17-16-28(32(21-37)42-22-24-10-15-29(35)30(36)20-24)25-11-13-27(14-12-25)41-19-7-18-40-23-26-8-5-6-9-31(26)39-4/h5-6,8-15,20,28,32H,7,16-19,21-23,36H2,1-4H3. The molecule has 3 aromatic carbocycles. The molecule has 1 aliphatic rings. The van der Waals surface area contributed by atoms with Crippen molar-refractivity contribution in [2.45, 2.75) is 64.4 Å². The Bertz CT molecular complexity index is 1330. The lowest BCUT2D eigenvalue weighted by Crippen LogP contribution is -2.48. The number of para-hydroxylation sites is 1. The van der Waals surface area contributed by atoms with Crippen molar-refractivity contribution in [1.82, 2.24) is 4.90 Å². The second-order valence-corrected chi connectivity index (χ2v) is 12.5. The highest BCUT2D eigenvalue weighted by Gasteiger charge is 2.35. The van der Waals surface area contributed by atoms with E-state index in [2.05, 4.69) is 28.1 Å². The molecule has 2 unspecified atom stereocenters. The summed E-state index contributed by atoms with van der Waals surface area (Å²) in [5.74, 6) is 1.76. The summed E-state index contributed by atoms with van der Waals surface area (Å²) in [6.07, 6.45) is 1.01. The van der Waals surface area contributed by atoms with Gasteiger partial charge < -0.3 is 34.3 Å². The Kier molecular flexibility index (Phi) is 11.7. The number of methoxy groups -OCH3 is 1. The van der Waals surface area contributed by atoms with Gasteiger partial charge in [-0.05, 0) is 84.6 Å².